The first-order valence-electron chi connectivity index (χ1n) is 5.50. The number of benzene rings is 1. The molecule has 1 heterocycles. The first-order chi connectivity index (χ1) is 9.95. The Morgan fingerprint density at radius 1 is 1.19 bits per heavy atom. The summed E-state index contributed by atoms with van der Waals surface area (Å²) in [6.45, 7) is -2.98. The van der Waals surface area contributed by atoms with E-state index in [9.17, 15) is 13.6 Å². The molecule has 0 bridgehead atoms. The van der Waals surface area contributed by atoms with Gasteiger partial charge in [0.15, 0.2) is 10.8 Å². The molecule has 0 fully saturated rings. The van der Waals surface area contributed by atoms with Gasteiger partial charge in [0.2, 0.25) is 0 Å². The van der Waals surface area contributed by atoms with Crippen molar-refractivity contribution in [3.8, 4) is 5.75 Å². The van der Waals surface area contributed by atoms with Crippen molar-refractivity contribution in [2.45, 2.75) is 6.61 Å². The van der Waals surface area contributed by atoms with Crippen LogP contribution < -0.4 is 10.1 Å². The van der Waals surface area contributed by atoms with E-state index >= 15 is 0 Å². The Morgan fingerprint density at radius 2 is 1.95 bits per heavy atom. The molecule has 0 spiro atoms. The molecule has 0 radical (unpaired) electrons. The summed E-state index contributed by atoms with van der Waals surface area (Å²) >= 11 is 11.3. The Kier molecular flexibility index (Phi) is 4.87. The molecule has 0 saturated heterocycles. The van der Waals surface area contributed by atoms with Gasteiger partial charge in [-0.2, -0.15) is 8.78 Å². The van der Waals surface area contributed by atoms with Gasteiger partial charge in [-0.25, -0.2) is 0 Å². The number of aromatic nitrogens is 2. The van der Waals surface area contributed by atoms with Gasteiger partial charge in [0.25, 0.3) is 5.91 Å². The number of nitrogens with one attached hydrogen (secondary N) is 1. The summed E-state index contributed by atoms with van der Waals surface area (Å²) in [5.74, 6) is -0.728. The van der Waals surface area contributed by atoms with E-state index in [-0.39, 0.29) is 21.6 Å². The largest absolute Gasteiger partial charge is 0.433 e. The lowest BCUT2D eigenvalue weighted by Gasteiger charge is -2.09. The molecule has 5 nitrogen and oxygen atoms in total. The van der Waals surface area contributed by atoms with Crippen LogP contribution in [-0.4, -0.2) is 22.7 Å². The van der Waals surface area contributed by atoms with Crippen LogP contribution in [0.4, 0.5) is 14.5 Å². The zero-order valence-corrected chi connectivity index (χ0v) is 11.7. The highest BCUT2D eigenvalue weighted by Crippen LogP contribution is 2.29. The van der Waals surface area contributed by atoms with Crippen LogP contribution in [-0.2, 0) is 0 Å². The molecule has 0 aliphatic rings. The molecule has 1 amide bonds. The zero-order valence-electron chi connectivity index (χ0n) is 10.2. The number of carbonyl (C=O) groups is 1. The molecule has 1 aromatic carbocycles. The number of halogens is 4. The molecule has 21 heavy (non-hydrogen) atoms. The number of hydrogen-bond acceptors (Lipinski definition) is 4. The van der Waals surface area contributed by atoms with Gasteiger partial charge in [0.1, 0.15) is 5.75 Å². The van der Waals surface area contributed by atoms with Gasteiger partial charge in [0, 0.05) is 5.69 Å². The topological polar surface area (TPSA) is 64.1 Å². The highest BCUT2D eigenvalue weighted by atomic mass is 35.5. The molecular formula is C12H7Cl2F2N3O2. The lowest BCUT2D eigenvalue weighted by molar-refractivity contribution is -0.0497. The summed E-state index contributed by atoms with van der Waals surface area (Å²) in [4.78, 5) is 11.8. The van der Waals surface area contributed by atoms with E-state index in [0.29, 0.717) is 5.69 Å². The van der Waals surface area contributed by atoms with Gasteiger partial charge >= 0.3 is 6.61 Å². The molecular weight excluding hydrogens is 327 g/mol. The van der Waals surface area contributed by atoms with Gasteiger partial charge in [-0.1, -0.05) is 23.2 Å². The summed E-state index contributed by atoms with van der Waals surface area (Å²) in [5.41, 5.74) is 0.340. The van der Waals surface area contributed by atoms with E-state index in [1.165, 1.54) is 30.3 Å². The second-order valence-corrected chi connectivity index (χ2v) is 4.51. The van der Waals surface area contributed by atoms with Crippen molar-refractivity contribution in [3.63, 3.8) is 0 Å². The molecule has 2 aromatic rings. The second-order valence-electron chi connectivity index (χ2n) is 3.72. The van der Waals surface area contributed by atoms with E-state index in [1.807, 2.05) is 0 Å². The SMILES string of the molecule is O=C(Nc1ccc(OC(F)F)c(Cl)c1)c1ccc(Cl)nn1. The average molecular weight is 334 g/mol. The van der Waals surface area contributed by atoms with Crippen molar-refractivity contribution in [1.29, 1.82) is 0 Å². The van der Waals surface area contributed by atoms with Gasteiger partial charge < -0.3 is 10.1 Å². The maximum absolute atomic E-state index is 12.1. The molecule has 1 aromatic heterocycles. The van der Waals surface area contributed by atoms with Gasteiger partial charge in [-0.05, 0) is 30.3 Å². The van der Waals surface area contributed by atoms with E-state index in [1.54, 1.807) is 0 Å². The molecule has 0 atom stereocenters. The van der Waals surface area contributed by atoms with Crippen molar-refractivity contribution in [1.82, 2.24) is 10.2 Å². The molecule has 0 unspecified atom stereocenters. The van der Waals surface area contributed by atoms with Crippen LogP contribution in [0.25, 0.3) is 0 Å². The lowest BCUT2D eigenvalue weighted by atomic mass is 10.3. The van der Waals surface area contributed by atoms with Gasteiger partial charge in [-0.3, -0.25) is 4.79 Å². The van der Waals surface area contributed by atoms with Gasteiger partial charge in [0.05, 0.1) is 5.02 Å². The molecule has 0 aliphatic heterocycles. The Labute approximate surface area is 127 Å². The van der Waals surface area contributed by atoms with Crippen LogP contribution in [0.1, 0.15) is 10.5 Å². The summed E-state index contributed by atoms with van der Waals surface area (Å²) < 4.78 is 28.4. The third-order valence-electron chi connectivity index (χ3n) is 2.27. The van der Waals surface area contributed by atoms with E-state index < -0.39 is 12.5 Å². The minimum Gasteiger partial charge on any atom is -0.433 e. The van der Waals surface area contributed by atoms with Crippen LogP contribution in [0.15, 0.2) is 30.3 Å². The minimum absolute atomic E-state index is 0.0448. The maximum atomic E-state index is 12.1. The number of carbonyl (C=O) groups excluding carboxylic acids is 1. The number of anilines is 1. The fraction of sp³-hybridized carbons (Fsp3) is 0.0833. The van der Waals surface area contributed by atoms with E-state index in [4.69, 9.17) is 23.2 Å². The number of amides is 1. The zero-order chi connectivity index (χ0) is 15.4. The maximum Gasteiger partial charge on any atom is 0.387 e. The standard InChI is InChI=1S/C12H7Cl2F2N3O2/c13-7-5-6(1-3-9(7)21-12(15)16)17-11(20)8-2-4-10(14)19-18-8/h1-5,12H,(H,17,20). The first kappa shape index (κ1) is 15.4. The number of rotatable bonds is 4. The first-order valence-corrected chi connectivity index (χ1v) is 6.26. The second kappa shape index (κ2) is 6.64. The van der Waals surface area contributed by atoms with E-state index in [0.717, 1.165) is 0 Å². The molecule has 0 aliphatic carbocycles. The third kappa shape index (κ3) is 4.24. The van der Waals surface area contributed by atoms with Gasteiger partial charge in [-0.15, -0.1) is 10.2 Å². The van der Waals surface area contributed by atoms with Crippen LogP contribution in [0.5, 0.6) is 5.75 Å². The lowest BCUT2D eigenvalue weighted by Crippen LogP contribution is -2.14. The molecule has 110 valence electrons. The highest BCUT2D eigenvalue weighted by Gasteiger charge is 2.12. The van der Waals surface area contributed by atoms with Crippen molar-refractivity contribution in [2.75, 3.05) is 5.32 Å². The molecule has 0 saturated carbocycles. The third-order valence-corrected chi connectivity index (χ3v) is 2.77. The van der Waals surface area contributed by atoms with Crippen LogP contribution in [0.3, 0.4) is 0 Å². The van der Waals surface area contributed by atoms with E-state index in [2.05, 4.69) is 20.3 Å². The van der Waals surface area contributed by atoms with Crippen molar-refractivity contribution >= 4 is 34.8 Å². The summed E-state index contributed by atoms with van der Waals surface area (Å²) in [6.07, 6.45) is 0. The van der Waals surface area contributed by atoms with Crippen LogP contribution in [0.2, 0.25) is 10.2 Å². The molecule has 9 heteroatoms. The fourth-order valence-corrected chi connectivity index (χ4v) is 1.73. The Bertz CT molecular complexity index is 653. The summed E-state index contributed by atoms with van der Waals surface area (Å²) in [7, 11) is 0. The monoisotopic (exact) mass is 333 g/mol. The smallest absolute Gasteiger partial charge is 0.387 e. The number of hydrogen-bond donors (Lipinski definition) is 1. The van der Waals surface area contributed by atoms with Crippen molar-refractivity contribution < 1.29 is 18.3 Å². The predicted molar refractivity (Wildman–Crippen MR) is 73.1 cm³/mol. The Hall–Kier alpha value is -1.99. The van der Waals surface area contributed by atoms with Crippen LogP contribution in [0, 0.1) is 0 Å². The number of nitrogens with zero attached hydrogens (tertiary/aromatic N) is 2. The molecule has 1 N–H and O–H groups in total. The summed E-state index contributed by atoms with van der Waals surface area (Å²) in [6, 6.07) is 6.67. The normalized spacial score (nSPS) is 10.5. The van der Waals surface area contributed by atoms with Crippen molar-refractivity contribution in [2.24, 2.45) is 0 Å². The van der Waals surface area contributed by atoms with Crippen molar-refractivity contribution in [3.05, 3.63) is 46.2 Å². The fourth-order valence-electron chi connectivity index (χ4n) is 1.40. The highest BCUT2D eigenvalue weighted by molar-refractivity contribution is 6.32. The molecule has 2 rings (SSSR count). The predicted octanol–water partition coefficient (Wildman–Crippen LogP) is 3.64. The van der Waals surface area contributed by atoms with Crippen LogP contribution >= 0.6 is 23.2 Å². The number of ether oxygens (including phenoxy) is 1. The average Bonchev–Trinajstić information content (AvgIpc) is 2.42. The Balaban J connectivity index is 2.11. The quantitative estimate of drug-likeness (QED) is 0.927. The minimum atomic E-state index is -2.98. The summed E-state index contributed by atoms with van der Waals surface area (Å²) in [5, 5.41) is 9.72. The number of alkyl halides is 2. The Morgan fingerprint density at radius 3 is 2.52 bits per heavy atom.